The van der Waals surface area contributed by atoms with Crippen LogP contribution in [0.25, 0.3) is 32.3 Å². The van der Waals surface area contributed by atoms with Gasteiger partial charge in [0.05, 0.1) is 0 Å². The van der Waals surface area contributed by atoms with E-state index in [-0.39, 0.29) is 0 Å². The molecule has 0 N–H and O–H groups in total. The number of hydrogen-bond donors (Lipinski definition) is 0. The summed E-state index contributed by atoms with van der Waals surface area (Å²) in [6, 6.07) is 20.5. The minimum absolute atomic E-state index is 0.427. The van der Waals surface area contributed by atoms with E-state index in [0.717, 1.165) is 0 Å². The number of hydrogen-bond acceptors (Lipinski definition) is 0. The van der Waals surface area contributed by atoms with Crippen molar-refractivity contribution in [1.82, 2.24) is 0 Å². The predicted molar refractivity (Wildman–Crippen MR) is 103 cm³/mol. The van der Waals surface area contributed by atoms with Crippen LogP contribution in [0.4, 0.5) is 0 Å². The molecule has 0 heteroatoms. The molecule has 0 amide bonds. The monoisotopic (exact) mass is 300 g/mol. The van der Waals surface area contributed by atoms with Gasteiger partial charge in [-0.25, -0.2) is 0 Å². The molecule has 0 aliphatic rings. The molecule has 0 bridgehead atoms. The topological polar surface area (TPSA) is 0 Å². The van der Waals surface area contributed by atoms with E-state index in [0.29, 0.717) is 5.41 Å². The first-order valence-corrected chi connectivity index (χ1v) is 8.68. The number of rotatable bonds is 3. The van der Waals surface area contributed by atoms with Gasteiger partial charge in [0, 0.05) is 0 Å². The average Bonchev–Trinajstić information content (AvgIpc) is 2.51. The Bertz CT molecular complexity index is 906. The zero-order valence-corrected chi connectivity index (χ0v) is 14.3. The maximum Gasteiger partial charge on any atom is -0.00266 e. The lowest BCUT2D eigenvalue weighted by Crippen LogP contribution is -2.05. The Labute approximate surface area is 138 Å². The minimum atomic E-state index is 0.427. The fourth-order valence-electron chi connectivity index (χ4n) is 3.79. The molecule has 4 aromatic rings. The van der Waals surface area contributed by atoms with Crippen molar-refractivity contribution in [3.8, 4) is 0 Å². The zero-order valence-electron chi connectivity index (χ0n) is 14.3. The van der Waals surface area contributed by atoms with Gasteiger partial charge < -0.3 is 0 Å². The van der Waals surface area contributed by atoms with Gasteiger partial charge in [-0.1, -0.05) is 75.4 Å². The van der Waals surface area contributed by atoms with Crippen molar-refractivity contribution in [3.05, 3.63) is 60.2 Å². The summed E-state index contributed by atoms with van der Waals surface area (Å²) >= 11 is 0. The van der Waals surface area contributed by atoms with Crippen LogP contribution >= 0.6 is 0 Å². The molecule has 0 radical (unpaired) electrons. The van der Waals surface area contributed by atoms with Crippen molar-refractivity contribution in [2.24, 2.45) is 5.41 Å². The predicted octanol–water partition coefficient (Wildman–Crippen LogP) is 6.95. The van der Waals surface area contributed by atoms with Crippen molar-refractivity contribution >= 4 is 32.3 Å². The molecule has 4 aromatic carbocycles. The highest BCUT2D eigenvalue weighted by atomic mass is 14.2. The Morgan fingerprint density at radius 1 is 0.696 bits per heavy atom. The summed E-state index contributed by atoms with van der Waals surface area (Å²) in [5.74, 6) is 0. The lowest BCUT2D eigenvalue weighted by atomic mass is 9.88. The quantitative estimate of drug-likeness (QED) is 0.359. The molecule has 0 heterocycles. The van der Waals surface area contributed by atoms with Gasteiger partial charge >= 0.3 is 0 Å². The molecule has 0 spiro atoms. The van der Waals surface area contributed by atoms with Crippen LogP contribution in [0, 0.1) is 5.41 Å². The third kappa shape index (κ3) is 2.67. The molecule has 0 saturated heterocycles. The highest BCUT2D eigenvalue weighted by Crippen LogP contribution is 2.35. The molecular formula is C23H24. The van der Waals surface area contributed by atoms with E-state index in [2.05, 4.69) is 75.4 Å². The second-order valence-corrected chi connectivity index (χ2v) is 8.04. The highest BCUT2D eigenvalue weighted by Gasteiger charge is 2.11. The second-order valence-electron chi connectivity index (χ2n) is 8.04. The minimum Gasteiger partial charge on any atom is -0.0610 e. The molecular weight excluding hydrogens is 276 g/mol. The summed E-state index contributed by atoms with van der Waals surface area (Å²) in [7, 11) is 0. The van der Waals surface area contributed by atoms with Crippen LogP contribution in [0.15, 0.2) is 54.6 Å². The van der Waals surface area contributed by atoms with E-state index in [1.165, 1.54) is 57.1 Å². The normalized spacial score (nSPS) is 12.7. The maximum atomic E-state index is 2.40. The van der Waals surface area contributed by atoms with E-state index in [4.69, 9.17) is 0 Å². The van der Waals surface area contributed by atoms with Crippen molar-refractivity contribution in [3.63, 3.8) is 0 Å². The lowest BCUT2D eigenvalue weighted by molar-refractivity contribution is 0.366. The summed E-state index contributed by atoms with van der Waals surface area (Å²) in [6.07, 6.45) is 3.71. The molecule has 116 valence electrons. The maximum absolute atomic E-state index is 2.40. The van der Waals surface area contributed by atoms with Crippen LogP contribution < -0.4 is 0 Å². The van der Waals surface area contributed by atoms with Crippen LogP contribution in [-0.4, -0.2) is 0 Å². The van der Waals surface area contributed by atoms with E-state index in [1.54, 1.807) is 0 Å². The van der Waals surface area contributed by atoms with Crippen LogP contribution in [0.1, 0.15) is 39.2 Å². The molecule has 0 fully saturated rings. The van der Waals surface area contributed by atoms with Crippen LogP contribution in [0.2, 0.25) is 0 Å². The van der Waals surface area contributed by atoms with Gasteiger partial charge in [0.15, 0.2) is 0 Å². The van der Waals surface area contributed by atoms with E-state index < -0.39 is 0 Å². The van der Waals surface area contributed by atoms with E-state index >= 15 is 0 Å². The van der Waals surface area contributed by atoms with E-state index in [9.17, 15) is 0 Å². The Hall–Kier alpha value is -2.08. The van der Waals surface area contributed by atoms with Crippen LogP contribution in [0.3, 0.4) is 0 Å². The molecule has 0 nitrogen and oxygen atoms in total. The van der Waals surface area contributed by atoms with Crippen molar-refractivity contribution < 1.29 is 0 Å². The Morgan fingerprint density at radius 2 is 1.22 bits per heavy atom. The fourth-order valence-corrected chi connectivity index (χ4v) is 3.79. The Morgan fingerprint density at radius 3 is 1.78 bits per heavy atom. The summed E-state index contributed by atoms with van der Waals surface area (Å²) < 4.78 is 0. The number of aryl methyl sites for hydroxylation is 1. The van der Waals surface area contributed by atoms with Crippen LogP contribution in [-0.2, 0) is 6.42 Å². The van der Waals surface area contributed by atoms with Gasteiger partial charge in [0.2, 0.25) is 0 Å². The first-order chi connectivity index (χ1) is 11.0. The van der Waals surface area contributed by atoms with Crippen molar-refractivity contribution in [1.29, 1.82) is 0 Å². The molecule has 0 atom stereocenters. The molecule has 0 saturated carbocycles. The standard InChI is InChI=1S/C23H24/c1-23(2,3)13-5-6-16-14-19-11-9-17-7-4-8-18-10-12-20(15-16)22(19)21(17)18/h4,7-12,14-15H,5-6,13H2,1-3H3. The lowest BCUT2D eigenvalue weighted by Gasteiger charge is -2.18. The average molecular weight is 300 g/mol. The van der Waals surface area contributed by atoms with Gasteiger partial charge in [0.25, 0.3) is 0 Å². The zero-order chi connectivity index (χ0) is 16.0. The van der Waals surface area contributed by atoms with Gasteiger partial charge in [0.1, 0.15) is 0 Å². The Kier molecular flexibility index (Phi) is 3.30. The van der Waals surface area contributed by atoms with E-state index in [1.807, 2.05) is 0 Å². The SMILES string of the molecule is CC(C)(C)CCCc1cc2ccc3cccc4ccc(c1)c2c34. The first-order valence-electron chi connectivity index (χ1n) is 8.68. The molecule has 23 heavy (non-hydrogen) atoms. The fraction of sp³-hybridized carbons (Fsp3) is 0.304. The van der Waals surface area contributed by atoms with Gasteiger partial charge in [-0.3, -0.25) is 0 Å². The second kappa shape index (κ2) is 5.23. The molecule has 0 aliphatic heterocycles. The largest absolute Gasteiger partial charge is 0.0610 e. The summed E-state index contributed by atoms with van der Waals surface area (Å²) in [6.45, 7) is 6.98. The first kappa shape index (κ1) is 14.5. The summed E-state index contributed by atoms with van der Waals surface area (Å²) in [4.78, 5) is 0. The van der Waals surface area contributed by atoms with Crippen molar-refractivity contribution in [2.45, 2.75) is 40.0 Å². The van der Waals surface area contributed by atoms with Crippen molar-refractivity contribution in [2.75, 3.05) is 0 Å². The van der Waals surface area contributed by atoms with Crippen LogP contribution in [0.5, 0.6) is 0 Å². The molecule has 4 rings (SSSR count). The highest BCUT2D eigenvalue weighted by molar-refractivity contribution is 6.23. The molecule has 0 aliphatic carbocycles. The smallest absolute Gasteiger partial charge is 0.00266 e. The molecule has 0 aromatic heterocycles. The molecule has 0 unspecified atom stereocenters. The van der Waals surface area contributed by atoms with Gasteiger partial charge in [-0.15, -0.1) is 0 Å². The summed E-state index contributed by atoms with van der Waals surface area (Å²) in [5, 5.41) is 8.32. The Balaban J connectivity index is 1.80. The summed E-state index contributed by atoms with van der Waals surface area (Å²) in [5.41, 5.74) is 1.90. The number of benzene rings is 4. The third-order valence-corrected chi connectivity index (χ3v) is 4.92. The van der Waals surface area contributed by atoms with Gasteiger partial charge in [-0.05, 0) is 62.6 Å². The van der Waals surface area contributed by atoms with Gasteiger partial charge in [-0.2, -0.15) is 0 Å². The third-order valence-electron chi connectivity index (χ3n) is 4.92.